The van der Waals surface area contributed by atoms with Crippen molar-refractivity contribution in [2.45, 2.75) is 6.92 Å². The van der Waals surface area contributed by atoms with Crippen LogP contribution < -0.4 is 10.9 Å². The molecule has 9 nitrogen and oxygen atoms in total. The van der Waals surface area contributed by atoms with E-state index in [2.05, 4.69) is 31.0 Å². The van der Waals surface area contributed by atoms with E-state index in [-0.39, 0.29) is 5.75 Å². The van der Waals surface area contributed by atoms with E-state index in [1.165, 1.54) is 37.2 Å². The number of phenolic OH excluding ortho intramolecular Hbond substituents is 1. The van der Waals surface area contributed by atoms with Gasteiger partial charge in [-0.1, -0.05) is 0 Å². The zero-order valence-electron chi connectivity index (χ0n) is 16.0. The van der Waals surface area contributed by atoms with Crippen molar-refractivity contribution < 1.29 is 14.7 Å². The van der Waals surface area contributed by atoms with Crippen LogP contribution in [0.4, 0.5) is 0 Å². The lowest BCUT2D eigenvalue weighted by atomic mass is 10.1. The number of nitrogens with one attached hydrogen (secondary N) is 2. The summed E-state index contributed by atoms with van der Waals surface area (Å²) in [5.74, 6) is -0.896. The maximum absolute atomic E-state index is 12.0. The first-order chi connectivity index (χ1) is 14.5. The molecule has 0 bridgehead atoms. The molecule has 2 aromatic heterocycles. The second kappa shape index (κ2) is 9.69. The molecule has 0 saturated heterocycles. The maximum Gasteiger partial charge on any atom is 0.271 e. The molecule has 150 valence electrons. The monoisotopic (exact) mass is 402 g/mol. The molecule has 3 N–H and O–H groups in total. The van der Waals surface area contributed by atoms with E-state index < -0.39 is 11.8 Å². The molecule has 0 aliphatic heterocycles. The summed E-state index contributed by atoms with van der Waals surface area (Å²) >= 11 is 0. The van der Waals surface area contributed by atoms with Gasteiger partial charge in [0.1, 0.15) is 5.75 Å². The largest absolute Gasteiger partial charge is 0.507 e. The summed E-state index contributed by atoms with van der Waals surface area (Å²) in [5.41, 5.74) is 7.19. The Kier molecular flexibility index (Phi) is 6.57. The van der Waals surface area contributed by atoms with Crippen LogP contribution in [0.3, 0.4) is 0 Å². The molecule has 0 aliphatic rings. The minimum atomic E-state index is -0.401. The molecule has 0 radical (unpaired) electrons. The molecular weight excluding hydrogens is 384 g/mol. The van der Waals surface area contributed by atoms with E-state index in [0.717, 1.165) is 5.56 Å². The molecule has 0 unspecified atom stereocenters. The minimum absolute atomic E-state index is 0.0931. The number of pyridine rings is 2. The van der Waals surface area contributed by atoms with Crippen LogP contribution >= 0.6 is 0 Å². The summed E-state index contributed by atoms with van der Waals surface area (Å²) in [7, 11) is 0. The Morgan fingerprint density at radius 2 is 1.23 bits per heavy atom. The average Bonchev–Trinajstić information content (AvgIpc) is 2.77. The molecule has 3 rings (SSSR count). The molecule has 1 aromatic carbocycles. The number of hydrogen-bond donors (Lipinski definition) is 3. The van der Waals surface area contributed by atoms with Gasteiger partial charge in [-0.05, 0) is 48.9 Å². The first-order valence-electron chi connectivity index (χ1n) is 8.85. The molecule has 0 aliphatic carbocycles. The lowest BCUT2D eigenvalue weighted by Crippen LogP contribution is -2.17. The molecule has 9 heteroatoms. The van der Waals surface area contributed by atoms with Crippen LogP contribution in [0.2, 0.25) is 0 Å². The summed E-state index contributed by atoms with van der Waals surface area (Å²) in [5, 5.41) is 18.2. The number of nitrogens with zero attached hydrogens (tertiary/aromatic N) is 4. The fourth-order valence-corrected chi connectivity index (χ4v) is 2.49. The van der Waals surface area contributed by atoms with Gasteiger partial charge in [-0.3, -0.25) is 19.6 Å². The number of aromatic hydroxyl groups is 1. The number of aromatic nitrogens is 2. The third kappa shape index (κ3) is 5.32. The summed E-state index contributed by atoms with van der Waals surface area (Å²) in [4.78, 5) is 31.7. The van der Waals surface area contributed by atoms with Gasteiger partial charge in [0.2, 0.25) is 0 Å². The zero-order valence-corrected chi connectivity index (χ0v) is 16.0. The molecule has 2 heterocycles. The number of hydrazone groups is 2. The Morgan fingerprint density at radius 3 is 1.63 bits per heavy atom. The Labute approximate surface area is 172 Å². The predicted octanol–water partition coefficient (Wildman–Crippen LogP) is 2.02. The summed E-state index contributed by atoms with van der Waals surface area (Å²) in [6.45, 7) is 1.83. The topological polar surface area (TPSA) is 129 Å². The van der Waals surface area contributed by atoms with Crippen molar-refractivity contribution in [3.63, 3.8) is 0 Å². The summed E-state index contributed by atoms with van der Waals surface area (Å²) < 4.78 is 0. The molecule has 3 aromatic rings. The van der Waals surface area contributed by atoms with Crippen molar-refractivity contribution >= 4 is 24.2 Å². The van der Waals surface area contributed by atoms with Crippen LogP contribution in [-0.4, -0.2) is 39.3 Å². The summed E-state index contributed by atoms with van der Waals surface area (Å²) in [6, 6.07) is 9.63. The molecule has 0 atom stereocenters. The Balaban J connectivity index is 1.68. The SMILES string of the molecule is Cc1cc(/C=N\NC(=O)c2ccncc2)c(O)c(/C=N/NC(=O)c2ccncc2)c1. The van der Waals surface area contributed by atoms with Crippen LogP contribution in [0.15, 0.2) is 71.4 Å². The van der Waals surface area contributed by atoms with Gasteiger partial charge in [-0.15, -0.1) is 0 Å². The highest BCUT2D eigenvalue weighted by Gasteiger charge is 2.08. The first-order valence-corrected chi connectivity index (χ1v) is 8.85. The highest BCUT2D eigenvalue weighted by molar-refractivity contribution is 5.97. The first kappa shape index (κ1) is 20.3. The van der Waals surface area contributed by atoms with Gasteiger partial charge in [-0.2, -0.15) is 10.2 Å². The second-order valence-corrected chi connectivity index (χ2v) is 6.16. The van der Waals surface area contributed by atoms with Crippen LogP contribution in [-0.2, 0) is 0 Å². The molecular formula is C21H18N6O3. The van der Waals surface area contributed by atoms with Crippen molar-refractivity contribution in [3.8, 4) is 5.75 Å². The average molecular weight is 402 g/mol. The van der Waals surface area contributed by atoms with E-state index >= 15 is 0 Å². The number of phenols is 1. The number of carbonyl (C=O) groups excluding carboxylic acids is 2. The number of benzene rings is 1. The van der Waals surface area contributed by atoms with E-state index in [1.54, 1.807) is 36.4 Å². The molecule has 2 amide bonds. The smallest absolute Gasteiger partial charge is 0.271 e. The Morgan fingerprint density at radius 1 is 0.833 bits per heavy atom. The van der Waals surface area contributed by atoms with Gasteiger partial charge < -0.3 is 5.11 Å². The lowest BCUT2D eigenvalue weighted by Gasteiger charge is -2.06. The summed E-state index contributed by atoms with van der Waals surface area (Å²) in [6.07, 6.45) is 8.67. The molecule has 30 heavy (non-hydrogen) atoms. The van der Waals surface area contributed by atoms with Crippen molar-refractivity contribution in [1.82, 2.24) is 20.8 Å². The zero-order chi connectivity index (χ0) is 21.3. The van der Waals surface area contributed by atoms with Gasteiger partial charge >= 0.3 is 0 Å². The van der Waals surface area contributed by atoms with Gasteiger partial charge in [0.05, 0.1) is 12.4 Å². The van der Waals surface area contributed by atoms with Gasteiger partial charge in [0.15, 0.2) is 0 Å². The fraction of sp³-hybridized carbons (Fsp3) is 0.0476. The van der Waals surface area contributed by atoms with Crippen molar-refractivity contribution in [2.24, 2.45) is 10.2 Å². The van der Waals surface area contributed by atoms with Gasteiger partial charge in [0, 0.05) is 47.0 Å². The highest BCUT2D eigenvalue weighted by atomic mass is 16.3. The van der Waals surface area contributed by atoms with E-state index in [0.29, 0.717) is 22.3 Å². The number of hydrogen-bond acceptors (Lipinski definition) is 7. The standard InChI is InChI=1S/C21H18N6O3/c1-14-10-17(12-24-26-20(29)15-2-6-22-7-3-15)19(28)18(11-14)13-25-27-21(30)16-4-8-23-9-5-16/h2-13,28H,1H3,(H,26,29)(H,27,30)/b24-12-,25-13+. The molecule has 0 fully saturated rings. The van der Waals surface area contributed by atoms with Crippen molar-refractivity contribution in [1.29, 1.82) is 0 Å². The number of aryl methyl sites for hydroxylation is 1. The van der Waals surface area contributed by atoms with Crippen LogP contribution in [0.25, 0.3) is 0 Å². The highest BCUT2D eigenvalue weighted by Crippen LogP contribution is 2.21. The maximum atomic E-state index is 12.0. The van der Waals surface area contributed by atoms with Crippen molar-refractivity contribution in [3.05, 3.63) is 89.0 Å². The predicted molar refractivity (Wildman–Crippen MR) is 111 cm³/mol. The lowest BCUT2D eigenvalue weighted by molar-refractivity contribution is 0.0947. The van der Waals surface area contributed by atoms with Crippen LogP contribution in [0.5, 0.6) is 5.75 Å². The fourth-order valence-electron chi connectivity index (χ4n) is 2.49. The number of rotatable bonds is 6. The van der Waals surface area contributed by atoms with Gasteiger partial charge in [-0.25, -0.2) is 10.9 Å². The second-order valence-electron chi connectivity index (χ2n) is 6.16. The van der Waals surface area contributed by atoms with Crippen molar-refractivity contribution in [2.75, 3.05) is 0 Å². The van der Waals surface area contributed by atoms with E-state index in [4.69, 9.17) is 0 Å². The Hall–Kier alpha value is -4.40. The van der Waals surface area contributed by atoms with E-state index in [1.807, 2.05) is 6.92 Å². The Bertz CT molecular complexity index is 1010. The van der Waals surface area contributed by atoms with E-state index in [9.17, 15) is 14.7 Å². The quantitative estimate of drug-likeness (QED) is 0.429. The molecule has 0 spiro atoms. The van der Waals surface area contributed by atoms with Gasteiger partial charge in [0.25, 0.3) is 11.8 Å². The number of carbonyl (C=O) groups is 2. The third-order valence-corrected chi connectivity index (χ3v) is 3.94. The van der Waals surface area contributed by atoms with Crippen LogP contribution in [0.1, 0.15) is 37.4 Å². The number of amides is 2. The minimum Gasteiger partial charge on any atom is -0.507 e. The van der Waals surface area contributed by atoms with Crippen LogP contribution in [0, 0.1) is 6.92 Å². The third-order valence-electron chi connectivity index (χ3n) is 3.94. The normalized spacial score (nSPS) is 11.0. The molecule has 0 saturated carbocycles.